The number of benzene rings is 2. The van der Waals surface area contributed by atoms with Crippen LogP contribution in [0.1, 0.15) is 43.7 Å². The molecule has 2 nitrogen and oxygen atoms in total. The van der Waals surface area contributed by atoms with E-state index in [-0.39, 0.29) is 5.91 Å². The summed E-state index contributed by atoms with van der Waals surface area (Å²) in [5.41, 5.74) is 5.02. The van der Waals surface area contributed by atoms with Gasteiger partial charge in [-0.1, -0.05) is 0 Å². The van der Waals surface area contributed by atoms with E-state index in [0.29, 0.717) is 6.42 Å². The molecule has 6 heteroatoms. The van der Waals surface area contributed by atoms with Crippen LogP contribution in [-0.4, -0.2) is 11.8 Å². The van der Waals surface area contributed by atoms with Crippen molar-refractivity contribution < 1.29 is 20.6 Å². The Labute approximate surface area is 171 Å². The second kappa shape index (κ2) is 8.14. The molecule has 1 N–H and O–H groups in total. The number of unbranched alkanes of at least 4 members (excludes halogenated alkanes) is 2. The van der Waals surface area contributed by atoms with Crippen molar-refractivity contribution in [1.82, 2.24) is 3.26 Å². The molecule has 0 unspecified atom stereocenters. The molecule has 1 aliphatic carbocycles. The first kappa shape index (κ1) is 21.3. The van der Waals surface area contributed by atoms with Gasteiger partial charge in [-0.15, -0.1) is 0 Å². The summed E-state index contributed by atoms with van der Waals surface area (Å²) in [7, 11) is 14.8. The van der Waals surface area contributed by atoms with Gasteiger partial charge in [0.15, 0.2) is 0 Å². The zero-order chi connectivity index (χ0) is 19.7. The second-order valence-corrected chi connectivity index (χ2v) is 47.6. The molecule has 1 aliphatic rings. The van der Waals surface area contributed by atoms with Gasteiger partial charge in [0, 0.05) is 0 Å². The van der Waals surface area contributed by atoms with Gasteiger partial charge >= 0.3 is 173 Å². The van der Waals surface area contributed by atoms with Gasteiger partial charge in [0.1, 0.15) is 0 Å². The molecule has 145 valence electrons. The van der Waals surface area contributed by atoms with Crippen molar-refractivity contribution in [3.05, 3.63) is 53.6 Å². The first-order valence-electron chi connectivity index (χ1n) is 9.86. The van der Waals surface area contributed by atoms with Crippen molar-refractivity contribution in [3.8, 4) is 11.1 Å². The third kappa shape index (κ3) is 4.01. The summed E-state index contributed by atoms with van der Waals surface area (Å²) in [6.07, 6.45) is 4.39. The van der Waals surface area contributed by atoms with Gasteiger partial charge in [0.25, 0.3) is 0 Å². The molecule has 0 saturated carbocycles. The monoisotopic (exact) mass is 498 g/mol. The predicted molar refractivity (Wildman–Crippen MR) is 117 cm³/mol. The molecule has 0 saturated heterocycles. The van der Waals surface area contributed by atoms with Crippen LogP contribution in [0.15, 0.2) is 42.5 Å². The van der Waals surface area contributed by atoms with Crippen molar-refractivity contribution in [1.29, 1.82) is 0 Å². The first-order valence-corrected chi connectivity index (χ1v) is 25.8. The quantitative estimate of drug-likeness (QED) is 0.338. The molecule has 0 spiro atoms. The van der Waals surface area contributed by atoms with E-state index in [2.05, 4.69) is 59.7 Å². The predicted octanol–water partition coefficient (Wildman–Crippen LogP) is 5.48. The fraction of sp³-hybridized carbons (Fsp3) is 0.381. The molecule has 2 aromatic rings. The summed E-state index contributed by atoms with van der Waals surface area (Å²) in [4.78, 5) is 12.7. The minimum absolute atomic E-state index is 0.0217. The molecular formula is C21H28Cl2NOSiZr. The molecule has 0 radical (unpaired) electrons. The van der Waals surface area contributed by atoms with Crippen LogP contribution in [-0.2, 0) is 27.1 Å². The van der Waals surface area contributed by atoms with Crippen molar-refractivity contribution in [2.24, 2.45) is 0 Å². The number of hydrogen-bond acceptors (Lipinski definition) is 1. The number of hydrogen-bond donors (Lipinski definition) is 1. The Kier molecular flexibility index (Phi) is 6.43. The molecule has 27 heavy (non-hydrogen) atoms. The van der Waals surface area contributed by atoms with Gasteiger partial charge in [-0.25, -0.2) is 0 Å². The fourth-order valence-electron chi connectivity index (χ4n) is 3.96. The number of rotatable bonds is 7. The molecular weight excluding hydrogens is 472 g/mol. The van der Waals surface area contributed by atoms with E-state index in [4.69, 9.17) is 17.0 Å². The van der Waals surface area contributed by atoms with E-state index in [9.17, 15) is 4.79 Å². The summed E-state index contributed by atoms with van der Waals surface area (Å²) in [5, 5.41) is 0. The Morgan fingerprint density at radius 3 is 2.48 bits per heavy atom. The van der Waals surface area contributed by atoms with Crippen molar-refractivity contribution in [3.63, 3.8) is 0 Å². The van der Waals surface area contributed by atoms with E-state index in [1.54, 1.807) is 0 Å². The van der Waals surface area contributed by atoms with E-state index in [0.717, 1.165) is 29.0 Å². The first-order chi connectivity index (χ1) is 12.8. The number of amides is 1. The van der Waals surface area contributed by atoms with Gasteiger partial charge in [0.05, 0.1) is 0 Å². The van der Waals surface area contributed by atoms with Crippen molar-refractivity contribution in [2.75, 3.05) is 0 Å². The summed E-state index contributed by atoms with van der Waals surface area (Å²) >= 11 is -4.62. The van der Waals surface area contributed by atoms with E-state index >= 15 is 0 Å². The van der Waals surface area contributed by atoms with Crippen LogP contribution in [0, 0.1) is 0 Å². The van der Waals surface area contributed by atoms with Gasteiger partial charge < -0.3 is 0 Å². The van der Waals surface area contributed by atoms with Crippen molar-refractivity contribution >= 4 is 32.1 Å². The average Bonchev–Trinajstić information content (AvgIpc) is 3.00. The van der Waals surface area contributed by atoms with Crippen LogP contribution in [0.3, 0.4) is 0 Å². The van der Waals surface area contributed by atoms with Gasteiger partial charge in [-0.05, 0) is 0 Å². The van der Waals surface area contributed by atoms with Crippen molar-refractivity contribution in [2.45, 2.75) is 52.1 Å². The Morgan fingerprint density at radius 1 is 1.07 bits per heavy atom. The third-order valence-corrected chi connectivity index (χ3v) is 49.8. The van der Waals surface area contributed by atoms with Crippen LogP contribution in [0.4, 0.5) is 0 Å². The normalized spacial score (nSPS) is 14.4. The fourth-order valence-corrected chi connectivity index (χ4v) is 22.3. The summed E-state index contributed by atoms with van der Waals surface area (Å²) in [6.45, 7) is 6.50. The van der Waals surface area contributed by atoms with Crippen LogP contribution in [0.5, 0.6) is 0 Å². The summed E-state index contributed by atoms with van der Waals surface area (Å²) in [5.74, 6) is -1.54. The number of halogens is 2. The molecule has 0 atom stereocenters. The zero-order valence-electron chi connectivity index (χ0n) is 16.3. The molecule has 0 bridgehead atoms. The van der Waals surface area contributed by atoms with E-state index in [1.807, 2.05) is 6.07 Å². The second-order valence-electron chi connectivity index (χ2n) is 7.91. The molecule has 2 aromatic carbocycles. The average molecular weight is 501 g/mol. The molecule has 0 aromatic heterocycles. The minimum atomic E-state index is -4.62. The van der Waals surface area contributed by atoms with Gasteiger partial charge in [-0.2, -0.15) is 0 Å². The summed E-state index contributed by atoms with van der Waals surface area (Å²) in [6, 6.07) is 14.8. The zero-order valence-corrected chi connectivity index (χ0v) is 21.4. The molecule has 0 aliphatic heterocycles. The number of carbonyl (C=O) groups is 1. The standard InChI is InChI=1S/C13H9.C6H13NO.C2H7Si.2ClH.Zr/c1-3-7-12-10(5-1)9-11-6-2-4-8-13(11)12;1-2-3-4-5-6(7)8;1-3-2;;;/h1-5,7-8H,9H2;2-5H2,1H3,(H2,7,8);3H,1-2H3;2*1H;/q;;;;;+3/p-3. The number of carbonyl (C=O) groups excluding carboxylic acids is 1. The Morgan fingerprint density at radius 2 is 1.78 bits per heavy atom. The van der Waals surface area contributed by atoms with Crippen LogP contribution in [0.25, 0.3) is 11.1 Å². The SMILES string of the molecule is CCCCCC(=O)[NH][Zr]([Cl])([Cl])([c]1cccc2c1Cc1ccccc1-2)[SiH](C)C. The third-order valence-electron chi connectivity index (χ3n) is 5.73. The molecule has 1 amide bonds. The van der Waals surface area contributed by atoms with Crippen LogP contribution in [0.2, 0.25) is 13.1 Å². The van der Waals surface area contributed by atoms with Crippen LogP contribution < -0.4 is 6.53 Å². The Hall–Kier alpha value is -0.410. The Balaban J connectivity index is 2.02. The Bertz CT molecular complexity index is 869. The molecule has 0 heterocycles. The maximum absolute atomic E-state index is 12.7. The van der Waals surface area contributed by atoms with E-state index < -0.39 is 21.8 Å². The molecule has 0 fully saturated rings. The maximum atomic E-state index is 12.7. The molecule has 3 rings (SSSR count). The van der Waals surface area contributed by atoms with E-state index in [1.165, 1.54) is 22.3 Å². The summed E-state index contributed by atoms with van der Waals surface area (Å²) < 4.78 is 4.32. The number of fused-ring (bicyclic) bond motifs is 3. The number of nitrogens with one attached hydrogen (secondary N) is 1. The van der Waals surface area contributed by atoms with Gasteiger partial charge in [0.2, 0.25) is 0 Å². The van der Waals surface area contributed by atoms with Crippen LogP contribution >= 0.6 is 17.0 Å². The van der Waals surface area contributed by atoms with Gasteiger partial charge in [-0.3, -0.25) is 0 Å². The topological polar surface area (TPSA) is 29.1 Å².